The summed E-state index contributed by atoms with van der Waals surface area (Å²) in [5, 5.41) is 3.36. The van der Waals surface area contributed by atoms with Gasteiger partial charge < -0.3 is 11.1 Å². The van der Waals surface area contributed by atoms with Gasteiger partial charge in [0.15, 0.2) is 0 Å². The minimum atomic E-state index is -0.425. The molecule has 0 aliphatic rings. The molecule has 120 valence electrons. The van der Waals surface area contributed by atoms with Gasteiger partial charge in [0.1, 0.15) is 0 Å². The minimum absolute atomic E-state index is 0.425. The second kappa shape index (κ2) is 6.96. The van der Waals surface area contributed by atoms with Crippen molar-refractivity contribution in [3.8, 4) is 11.1 Å². The lowest BCUT2D eigenvalue weighted by atomic mass is 10.1. The fraction of sp³-hybridized carbons (Fsp3) is 0.100. The number of nitrogens with two attached hydrogens (primary N) is 1. The number of primary amides is 1. The molecule has 0 aliphatic carbocycles. The topological polar surface area (TPSA) is 68.0 Å². The molecule has 1 heterocycles. The summed E-state index contributed by atoms with van der Waals surface area (Å²) in [5.74, 6) is -0.425. The number of pyridine rings is 1. The number of aryl methyl sites for hydroxylation is 1. The van der Waals surface area contributed by atoms with Crippen LogP contribution in [0.2, 0.25) is 0 Å². The van der Waals surface area contributed by atoms with Crippen LogP contribution in [0.4, 0.5) is 5.69 Å². The summed E-state index contributed by atoms with van der Waals surface area (Å²) < 4.78 is 0. The highest BCUT2D eigenvalue weighted by Crippen LogP contribution is 2.21. The van der Waals surface area contributed by atoms with Gasteiger partial charge in [0.05, 0.1) is 0 Å². The van der Waals surface area contributed by atoms with E-state index >= 15 is 0 Å². The van der Waals surface area contributed by atoms with Crippen molar-refractivity contribution in [2.45, 2.75) is 13.5 Å². The van der Waals surface area contributed by atoms with Crippen molar-refractivity contribution in [1.82, 2.24) is 4.98 Å². The lowest BCUT2D eigenvalue weighted by Crippen LogP contribution is -2.12. The van der Waals surface area contributed by atoms with E-state index in [4.69, 9.17) is 5.73 Å². The number of hydrogen-bond donors (Lipinski definition) is 2. The number of nitrogens with zero attached hydrogens (tertiary/aromatic N) is 1. The average Bonchev–Trinajstić information content (AvgIpc) is 2.62. The van der Waals surface area contributed by atoms with Gasteiger partial charge in [0, 0.05) is 35.8 Å². The Hall–Kier alpha value is -3.14. The van der Waals surface area contributed by atoms with Gasteiger partial charge in [-0.1, -0.05) is 36.4 Å². The molecule has 0 spiro atoms. The van der Waals surface area contributed by atoms with Crippen molar-refractivity contribution >= 4 is 11.6 Å². The van der Waals surface area contributed by atoms with Crippen LogP contribution in [0.1, 0.15) is 21.5 Å². The monoisotopic (exact) mass is 317 g/mol. The van der Waals surface area contributed by atoms with Crippen LogP contribution >= 0.6 is 0 Å². The molecule has 0 saturated heterocycles. The highest BCUT2D eigenvalue weighted by Gasteiger charge is 2.05. The second-order valence-electron chi connectivity index (χ2n) is 5.70. The first kappa shape index (κ1) is 15.7. The zero-order valence-electron chi connectivity index (χ0n) is 13.5. The summed E-state index contributed by atoms with van der Waals surface area (Å²) in [6, 6.07) is 17.7. The summed E-state index contributed by atoms with van der Waals surface area (Å²) in [7, 11) is 0. The van der Waals surface area contributed by atoms with Gasteiger partial charge in [-0.05, 0) is 41.8 Å². The molecular formula is C20H19N3O. The molecule has 0 fully saturated rings. The molecule has 0 unspecified atom stereocenters. The number of nitrogens with one attached hydrogen (secondary N) is 1. The first-order valence-electron chi connectivity index (χ1n) is 7.77. The van der Waals surface area contributed by atoms with Gasteiger partial charge in [-0.25, -0.2) is 0 Å². The normalized spacial score (nSPS) is 10.4. The molecule has 0 atom stereocenters. The van der Waals surface area contributed by atoms with Crippen molar-refractivity contribution < 1.29 is 4.79 Å². The molecule has 0 radical (unpaired) electrons. The summed E-state index contributed by atoms with van der Waals surface area (Å²) in [6.45, 7) is 2.61. The number of carbonyl (C=O) groups is 1. The average molecular weight is 317 g/mol. The van der Waals surface area contributed by atoms with Crippen molar-refractivity contribution in [1.29, 1.82) is 0 Å². The molecule has 3 N–H and O–H groups in total. The smallest absolute Gasteiger partial charge is 0.248 e. The van der Waals surface area contributed by atoms with E-state index in [1.165, 1.54) is 0 Å². The Labute approximate surface area is 141 Å². The van der Waals surface area contributed by atoms with Gasteiger partial charge >= 0.3 is 0 Å². The van der Waals surface area contributed by atoms with Crippen molar-refractivity contribution in [2.24, 2.45) is 5.73 Å². The Balaban J connectivity index is 1.78. The van der Waals surface area contributed by atoms with Gasteiger partial charge in [-0.2, -0.15) is 0 Å². The van der Waals surface area contributed by atoms with E-state index in [0.717, 1.165) is 27.9 Å². The molecule has 24 heavy (non-hydrogen) atoms. The molecule has 0 saturated carbocycles. The SMILES string of the molecule is Cc1ccc(C(N)=O)cc1NCc1cncc(-c2ccccc2)c1. The highest BCUT2D eigenvalue weighted by atomic mass is 16.1. The third-order valence-corrected chi connectivity index (χ3v) is 3.91. The number of aromatic nitrogens is 1. The largest absolute Gasteiger partial charge is 0.381 e. The predicted molar refractivity (Wildman–Crippen MR) is 96.7 cm³/mol. The maximum atomic E-state index is 11.3. The Morgan fingerprint density at radius 2 is 1.83 bits per heavy atom. The summed E-state index contributed by atoms with van der Waals surface area (Å²) >= 11 is 0. The van der Waals surface area contributed by atoms with Gasteiger partial charge in [0.25, 0.3) is 0 Å². The summed E-state index contributed by atoms with van der Waals surface area (Å²) in [6.07, 6.45) is 3.70. The van der Waals surface area contributed by atoms with E-state index in [9.17, 15) is 4.79 Å². The fourth-order valence-corrected chi connectivity index (χ4v) is 2.54. The standard InChI is InChI=1S/C20H19N3O/c1-14-7-8-17(20(21)24)10-19(14)23-12-15-9-18(13-22-11-15)16-5-3-2-4-6-16/h2-11,13,23H,12H2,1H3,(H2,21,24). The summed E-state index contributed by atoms with van der Waals surface area (Å²) in [4.78, 5) is 15.7. The molecule has 0 bridgehead atoms. The lowest BCUT2D eigenvalue weighted by molar-refractivity contribution is 0.100. The molecule has 4 nitrogen and oxygen atoms in total. The first-order chi connectivity index (χ1) is 11.6. The Morgan fingerprint density at radius 3 is 2.58 bits per heavy atom. The van der Waals surface area contributed by atoms with E-state index in [1.807, 2.05) is 43.6 Å². The fourth-order valence-electron chi connectivity index (χ4n) is 2.54. The van der Waals surface area contributed by atoms with Crippen molar-refractivity contribution in [3.05, 3.63) is 83.7 Å². The predicted octanol–water partition coefficient (Wildman–Crippen LogP) is 3.77. The van der Waals surface area contributed by atoms with Gasteiger partial charge in [0.2, 0.25) is 5.91 Å². The Morgan fingerprint density at radius 1 is 1.04 bits per heavy atom. The number of hydrogen-bond acceptors (Lipinski definition) is 3. The van der Waals surface area contributed by atoms with E-state index in [0.29, 0.717) is 12.1 Å². The Bertz CT molecular complexity index is 860. The molecule has 3 aromatic rings. The highest BCUT2D eigenvalue weighted by molar-refractivity contribution is 5.94. The van der Waals surface area contributed by atoms with Crippen LogP contribution in [-0.2, 0) is 6.54 Å². The lowest BCUT2D eigenvalue weighted by Gasteiger charge is -2.11. The molecule has 1 amide bonds. The molecule has 0 aliphatic heterocycles. The Kier molecular flexibility index (Phi) is 4.57. The van der Waals surface area contributed by atoms with Crippen LogP contribution in [0.5, 0.6) is 0 Å². The minimum Gasteiger partial charge on any atom is -0.381 e. The number of benzene rings is 2. The number of anilines is 1. The molecule has 4 heteroatoms. The van der Waals surface area contributed by atoms with Gasteiger partial charge in [-0.3, -0.25) is 9.78 Å². The van der Waals surface area contributed by atoms with Crippen LogP contribution in [0.3, 0.4) is 0 Å². The molecule has 1 aromatic heterocycles. The third-order valence-electron chi connectivity index (χ3n) is 3.91. The van der Waals surface area contributed by atoms with E-state index in [-0.39, 0.29) is 0 Å². The van der Waals surface area contributed by atoms with E-state index < -0.39 is 5.91 Å². The maximum Gasteiger partial charge on any atom is 0.248 e. The van der Waals surface area contributed by atoms with Crippen LogP contribution in [-0.4, -0.2) is 10.9 Å². The first-order valence-corrected chi connectivity index (χ1v) is 7.77. The van der Waals surface area contributed by atoms with E-state index in [2.05, 4.69) is 28.5 Å². The zero-order chi connectivity index (χ0) is 16.9. The van der Waals surface area contributed by atoms with Gasteiger partial charge in [-0.15, -0.1) is 0 Å². The number of amides is 1. The third kappa shape index (κ3) is 3.60. The second-order valence-corrected chi connectivity index (χ2v) is 5.70. The summed E-state index contributed by atoms with van der Waals surface area (Å²) in [5.41, 5.74) is 11.1. The quantitative estimate of drug-likeness (QED) is 0.752. The number of rotatable bonds is 5. The van der Waals surface area contributed by atoms with Crippen molar-refractivity contribution in [3.63, 3.8) is 0 Å². The van der Waals surface area contributed by atoms with E-state index in [1.54, 1.807) is 12.1 Å². The maximum absolute atomic E-state index is 11.3. The van der Waals surface area contributed by atoms with Crippen LogP contribution in [0, 0.1) is 6.92 Å². The van der Waals surface area contributed by atoms with Crippen molar-refractivity contribution in [2.75, 3.05) is 5.32 Å². The zero-order valence-corrected chi connectivity index (χ0v) is 13.5. The molecule has 3 rings (SSSR count). The molecule has 2 aromatic carbocycles. The van der Waals surface area contributed by atoms with Crippen LogP contribution < -0.4 is 11.1 Å². The number of carbonyl (C=O) groups excluding carboxylic acids is 1. The van der Waals surface area contributed by atoms with Crippen LogP contribution in [0.25, 0.3) is 11.1 Å². The van der Waals surface area contributed by atoms with Crippen LogP contribution in [0.15, 0.2) is 67.0 Å². The molecular weight excluding hydrogens is 298 g/mol.